The Balaban J connectivity index is 2.07. The predicted octanol–water partition coefficient (Wildman–Crippen LogP) is 2.02. The number of aromatic nitrogens is 2. The normalized spacial score (nSPS) is 22.2. The summed E-state index contributed by atoms with van der Waals surface area (Å²) >= 11 is 7.53. The second kappa shape index (κ2) is 4.96. The Morgan fingerprint density at radius 3 is 2.86 bits per heavy atom. The lowest BCUT2D eigenvalue weighted by molar-refractivity contribution is 0.0694. The van der Waals surface area contributed by atoms with E-state index in [-0.39, 0.29) is 6.10 Å². The summed E-state index contributed by atoms with van der Waals surface area (Å²) in [6, 6.07) is 0. The standard InChI is InChI=1S/C9H11ClN2OS/c10-3-7-4-11-9(12-5-7)8-6-14-2-1-13-8/h4-5,8H,1-3,6H2. The van der Waals surface area contributed by atoms with Gasteiger partial charge >= 0.3 is 0 Å². The highest BCUT2D eigenvalue weighted by Gasteiger charge is 2.18. The molecule has 0 aliphatic carbocycles. The molecule has 5 heteroatoms. The highest BCUT2D eigenvalue weighted by molar-refractivity contribution is 7.99. The fourth-order valence-corrected chi connectivity index (χ4v) is 2.22. The molecule has 1 aliphatic rings. The van der Waals surface area contributed by atoms with Gasteiger partial charge in [0, 0.05) is 29.5 Å². The van der Waals surface area contributed by atoms with Gasteiger partial charge in [-0.15, -0.1) is 11.6 Å². The number of alkyl halides is 1. The summed E-state index contributed by atoms with van der Waals surface area (Å²) in [6.07, 6.45) is 3.58. The maximum absolute atomic E-state index is 5.65. The third kappa shape index (κ3) is 2.38. The molecule has 1 saturated heterocycles. The van der Waals surface area contributed by atoms with Gasteiger partial charge in [0.25, 0.3) is 0 Å². The van der Waals surface area contributed by atoms with Crippen molar-refractivity contribution < 1.29 is 4.74 Å². The van der Waals surface area contributed by atoms with E-state index in [9.17, 15) is 0 Å². The molecule has 0 aromatic carbocycles. The molecule has 0 bridgehead atoms. The second-order valence-corrected chi connectivity index (χ2v) is 4.43. The van der Waals surface area contributed by atoms with E-state index in [1.165, 1.54) is 0 Å². The van der Waals surface area contributed by atoms with Gasteiger partial charge in [-0.2, -0.15) is 11.8 Å². The van der Waals surface area contributed by atoms with Crippen LogP contribution in [0.15, 0.2) is 12.4 Å². The van der Waals surface area contributed by atoms with Gasteiger partial charge in [0.2, 0.25) is 0 Å². The summed E-state index contributed by atoms with van der Waals surface area (Å²) in [4.78, 5) is 8.48. The molecule has 1 aromatic rings. The Morgan fingerprint density at radius 2 is 2.29 bits per heavy atom. The summed E-state index contributed by atoms with van der Waals surface area (Å²) in [5.41, 5.74) is 0.943. The Labute approximate surface area is 92.2 Å². The molecule has 3 nitrogen and oxygen atoms in total. The Kier molecular flexibility index (Phi) is 3.61. The quantitative estimate of drug-likeness (QED) is 0.729. The molecule has 1 fully saturated rings. The van der Waals surface area contributed by atoms with Crippen molar-refractivity contribution in [1.29, 1.82) is 0 Å². The highest BCUT2D eigenvalue weighted by Crippen LogP contribution is 2.23. The molecule has 14 heavy (non-hydrogen) atoms. The lowest BCUT2D eigenvalue weighted by atomic mass is 10.3. The molecule has 0 N–H and O–H groups in total. The van der Waals surface area contributed by atoms with Crippen LogP contribution in [-0.2, 0) is 10.6 Å². The maximum atomic E-state index is 5.65. The molecule has 76 valence electrons. The van der Waals surface area contributed by atoms with Gasteiger partial charge in [0.15, 0.2) is 5.82 Å². The van der Waals surface area contributed by atoms with Gasteiger partial charge < -0.3 is 4.74 Å². The molecule has 1 unspecified atom stereocenters. The van der Waals surface area contributed by atoms with E-state index >= 15 is 0 Å². The van der Waals surface area contributed by atoms with Crippen LogP contribution in [0.1, 0.15) is 17.5 Å². The van der Waals surface area contributed by atoms with Crippen LogP contribution in [0.25, 0.3) is 0 Å². The number of ether oxygens (including phenoxy) is 1. The van der Waals surface area contributed by atoms with Crippen molar-refractivity contribution in [1.82, 2.24) is 9.97 Å². The van der Waals surface area contributed by atoms with Crippen molar-refractivity contribution in [3.05, 3.63) is 23.8 Å². The molecular weight excluding hydrogens is 220 g/mol. The van der Waals surface area contributed by atoms with Crippen molar-refractivity contribution in [3.63, 3.8) is 0 Å². The fraction of sp³-hybridized carbons (Fsp3) is 0.556. The van der Waals surface area contributed by atoms with E-state index in [4.69, 9.17) is 16.3 Å². The summed E-state index contributed by atoms with van der Waals surface area (Å²) < 4.78 is 5.56. The van der Waals surface area contributed by atoms with Crippen LogP contribution in [0.3, 0.4) is 0 Å². The number of hydrogen-bond donors (Lipinski definition) is 0. The van der Waals surface area contributed by atoms with Crippen LogP contribution in [0, 0.1) is 0 Å². The van der Waals surface area contributed by atoms with E-state index in [1.54, 1.807) is 12.4 Å². The number of hydrogen-bond acceptors (Lipinski definition) is 4. The molecule has 2 heterocycles. The SMILES string of the molecule is ClCc1cnc(C2CSCCO2)nc1. The molecule has 2 rings (SSSR count). The topological polar surface area (TPSA) is 35.0 Å². The van der Waals surface area contributed by atoms with Crippen molar-refractivity contribution in [2.75, 3.05) is 18.1 Å². The first kappa shape index (κ1) is 10.2. The highest BCUT2D eigenvalue weighted by atomic mass is 35.5. The Morgan fingerprint density at radius 1 is 1.50 bits per heavy atom. The van der Waals surface area contributed by atoms with E-state index < -0.39 is 0 Å². The molecule has 0 spiro atoms. The van der Waals surface area contributed by atoms with Crippen molar-refractivity contribution >= 4 is 23.4 Å². The van der Waals surface area contributed by atoms with Gasteiger partial charge in [-0.25, -0.2) is 9.97 Å². The minimum atomic E-state index is 0.0538. The fourth-order valence-electron chi connectivity index (χ4n) is 1.24. The first-order valence-electron chi connectivity index (χ1n) is 4.46. The number of thioether (sulfide) groups is 1. The summed E-state index contributed by atoms with van der Waals surface area (Å²) in [5, 5.41) is 0. The molecule has 0 saturated carbocycles. The van der Waals surface area contributed by atoms with Crippen LogP contribution >= 0.6 is 23.4 Å². The van der Waals surface area contributed by atoms with Gasteiger partial charge in [-0.3, -0.25) is 0 Å². The van der Waals surface area contributed by atoms with E-state index in [0.29, 0.717) is 5.88 Å². The third-order valence-electron chi connectivity index (χ3n) is 1.98. The smallest absolute Gasteiger partial charge is 0.157 e. The molecular formula is C9H11ClN2OS. The Hall–Kier alpha value is -0.320. The van der Waals surface area contributed by atoms with Gasteiger partial charge in [0.05, 0.1) is 12.5 Å². The number of nitrogens with zero attached hydrogens (tertiary/aromatic N) is 2. The molecule has 0 radical (unpaired) electrons. The van der Waals surface area contributed by atoms with Crippen LogP contribution in [0.4, 0.5) is 0 Å². The number of rotatable bonds is 2. The van der Waals surface area contributed by atoms with Crippen molar-refractivity contribution in [2.45, 2.75) is 12.0 Å². The second-order valence-electron chi connectivity index (χ2n) is 3.02. The minimum Gasteiger partial charge on any atom is -0.368 e. The monoisotopic (exact) mass is 230 g/mol. The Bertz CT molecular complexity index is 287. The predicted molar refractivity (Wildman–Crippen MR) is 57.6 cm³/mol. The first-order chi connectivity index (χ1) is 6.90. The minimum absolute atomic E-state index is 0.0538. The van der Waals surface area contributed by atoms with Crippen molar-refractivity contribution in [2.24, 2.45) is 0 Å². The molecule has 1 atom stereocenters. The van der Waals surface area contributed by atoms with Gasteiger partial charge in [-0.1, -0.05) is 0 Å². The summed E-state index contributed by atoms with van der Waals surface area (Å²) in [6.45, 7) is 0.788. The average molecular weight is 231 g/mol. The maximum Gasteiger partial charge on any atom is 0.157 e. The first-order valence-corrected chi connectivity index (χ1v) is 6.15. The summed E-state index contributed by atoms with van der Waals surface area (Å²) in [5.74, 6) is 3.24. The lowest BCUT2D eigenvalue weighted by Crippen LogP contribution is -2.18. The van der Waals surface area contributed by atoms with Crippen LogP contribution in [0.2, 0.25) is 0 Å². The van der Waals surface area contributed by atoms with Crippen LogP contribution in [-0.4, -0.2) is 28.1 Å². The van der Waals surface area contributed by atoms with Crippen LogP contribution < -0.4 is 0 Å². The summed E-state index contributed by atoms with van der Waals surface area (Å²) in [7, 11) is 0. The zero-order valence-electron chi connectivity index (χ0n) is 7.65. The van der Waals surface area contributed by atoms with Crippen LogP contribution in [0.5, 0.6) is 0 Å². The third-order valence-corrected chi connectivity index (χ3v) is 3.29. The zero-order valence-corrected chi connectivity index (χ0v) is 9.22. The molecule has 1 aromatic heterocycles. The lowest BCUT2D eigenvalue weighted by Gasteiger charge is -2.20. The average Bonchev–Trinajstić information content (AvgIpc) is 2.30. The van der Waals surface area contributed by atoms with Gasteiger partial charge in [0.1, 0.15) is 6.10 Å². The van der Waals surface area contributed by atoms with E-state index in [0.717, 1.165) is 29.5 Å². The van der Waals surface area contributed by atoms with E-state index in [2.05, 4.69) is 9.97 Å². The number of halogens is 1. The van der Waals surface area contributed by atoms with E-state index in [1.807, 2.05) is 11.8 Å². The largest absolute Gasteiger partial charge is 0.368 e. The van der Waals surface area contributed by atoms with Crippen molar-refractivity contribution in [3.8, 4) is 0 Å². The molecule has 0 amide bonds. The zero-order chi connectivity index (χ0) is 9.80. The molecule has 1 aliphatic heterocycles. The van der Waals surface area contributed by atoms with Gasteiger partial charge in [-0.05, 0) is 0 Å².